The van der Waals surface area contributed by atoms with Gasteiger partial charge in [0.25, 0.3) is 0 Å². The molecule has 2 nitrogen and oxygen atoms in total. The third kappa shape index (κ3) is 2.83. The molecule has 0 amide bonds. The summed E-state index contributed by atoms with van der Waals surface area (Å²) in [5.41, 5.74) is 6.95. The Balaban J connectivity index is 1.93. The zero-order chi connectivity index (χ0) is 18.1. The highest BCUT2D eigenvalue weighted by atomic mass is 35.5. The van der Waals surface area contributed by atoms with Gasteiger partial charge in [-0.3, -0.25) is 0 Å². The molecule has 3 heteroatoms. The van der Waals surface area contributed by atoms with E-state index in [-0.39, 0.29) is 5.97 Å². The van der Waals surface area contributed by atoms with Crippen LogP contribution < -0.4 is 0 Å². The molecule has 0 unspecified atom stereocenters. The molecule has 0 spiro atoms. The third-order valence-electron chi connectivity index (χ3n) is 4.52. The van der Waals surface area contributed by atoms with Crippen molar-refractivity contribution in [3.8, 4) is 11.1 Å². The molecule has 0 aliphatic heterocycles. The molecule has 0 saturated heterocycles. The first-order valence-electron chi connectivity index (χ1n) is 8.56. The molecule has 1 aliphatic carbocycles. The van der Waals surface area contributed by atoms with Crippen LogP contribution in [0.2, 0.25) is 5.02 Å². The average Bonchev–Trinajstić information content (AvgIpc) is 2.98. The van der Waals surface area contributed by atoms with Crippen molar-refractivity contribution < 1.29 is 9.53 Å². The molecule has 0 heterocycles. The van der Waals surface area contributed by atoms with Crippen molar-refractivity contribution in [2.45, 2.75) is 6.92 Å². The number of ether oxygens (including phenoxy) is 1. The number of benzene rings is 3. The van der Waals surface area contributed by atoms with Gasteiger partial charge in [-0.2, -0.15) is 0 Å². The lowest BCUT2D eigenvalue weighted by Crippen LogP contribution is -2.06. The van der Waals surface area contributed by atoms with Crippen molar-refractivity contribution in [3.63, 3.8) is 0 Å². The van der Waals surface area contributed by atoms with Gasteiger partial charge in [-0.25, -0.2) is 4.79 Å². The highest BCUT2D eigenvalue weighted by molar-refractivity contribution is 6.30. The van der Waals surface area contributed by atoms with Gasteiger partial charge in [0.2, 0.25) is 0 Å². The summed E-state index contributed by atoms with van der Waals surface area (Å²) in [4.78, 5) is 12.5. The fraction of sp³-hybridized carbons (Fsp3) is 0.0870. The second-order valence-corrected chi connectivity index (χ2v) is 6.54. The molecule has 1 aliphatic rings. The SMILES string of the molecule is CCOC(=O)c1cccc2c1-c1ccccc1/C2=C\c1ccc(Cl)cc1. The normalized spacial score (nSPS) is 13.4. The number of esters is 1. The molecule has 26 heavy (non-hydrogen) atoms. The minimum absolute atomic E-state index is 0.285. The lowest BCUT2D eigenvalue weighted by molar-refractivity contribution is 0.0527. The van der Waals surface area contributed by atoms with Crippen LogP contribution in [0.4, 0.5) is 0 Å². The molecule has 0 N–H and O–H groups in total. The number of carbonyl (C=O) groups excluding carboxylic acids is 1. The first kappa shape index (κ1) is 16.6. The molecule has 0 atom stereocenters. The van der Waals surface area contributed by atoms with Gasteiger partial charge in [0.05, 0.1) is 12.2 Å². The Kier molecular flexibility index (Phi) is 4.36. The van der Waals surface area contributed by atoms with E-state index in [1.165, 1.54) is 0 Å². The monoisotopic (exact) mass is 360 g/mol. The van der Waals surface area contributed by atoms with Gasteiger partial charge in [-0.15, -0.1) is 0 Å². The lowest BCUT2D eigenvalue weighted by Gasteiger charge is -2.08. The lowest BCUT2D eigenvalue weighted by atomic mass is 9.98. The van der Waals surface area contributed by atoms with Gasteiger partial charge in [-0.05, 0) is 59.0 Å². The van der Waals surface area contributed by atoms with E-state index < -0.39 is 0 Å². The summed E-state index contributed by atoms with van der Waals surface area (Å²) in [6.07, 6.45) is 2.13. The zero-order valence-electron chi connectivity index (χ0n) is 14.3. The summed E-state index contributed by atoms with van der Waals surface area (Å²) < 4.78 is 5.26. The van der Waals surface area contributed by atoms with Gasteiger partial charge in [0.15, 0.2) is 0 Å². The summed E-state index contributed by atoms with van der Waals surface area (Å²) in [5, 5.41) is 0.712. The van der Waals surface area contributed by atoms with Crippen LogP contribution in [-0.4, -0.2) is 12.6 Å². The molecule has 0 saturated carbocycles. The van der Waals surface area contributed by atoms with Gasteiger partial charge < -0.3 is 4.74 Å². The Morgan fingerprint density at radius 3 is 2.35 bits per heavy atom. The largest absolute Gasteiger partial charge is 0.462 e. The van der Waals surface area contributed by atoms with Gasteiger partial charge >= 0.3 is 5.97 Å². The maximum atomic E-state index is 12.5. The summed E-state index contributed by atoms with van der Waals surface area (Å²) in [6, 6.07) is 21.7. The third-order valence-corrected chi connectivity index (χ3v) is 4.77. The number of rotatable bonds is 3. The molecule has 0 bridgehead atoms. The van der Waals surface area contributed by atoms with Crippen LogP contribution >= 0.6 is 11.6 Å². The average molecular weight is 361 g/mol. The van der Waals surface area contributed by atoms with Crippen molar-refractivity contribution in [1.82, 2.24) is 0 Å². The molecular formula is C23H17ClO2. The summed E-state index contributed by atoms with van der Waals surface area (Å²) in [7, 11) is 0. The Bertz CT molecular complexity index is 1020. The maximum absolute atomic E-state index is 12.5. The second kappa shape index (κ2) is 6.81. The highest BCUT2D eigenvalue weighted by Gasteiger charge is 2.28. The molecular weight excluding hydrogens is 344 g/mol. The van der Waals surface area contributed by atoms with E-state index in [1.54, 1.807) is 0 Å². The van der Waals surface area contributed by atoms with Gasteiger partial charge in [-0.1, -0.05) is 60.1 Å². The van der Waals surface area contributed by atoms with E-state index >= 15 is 0 Å². The van der Waals surface area contributed by atoms with Crippen LogP contribution in [0, 0.1) is 0 Å². The number of hydrogen-bond acceptors (Lipinski definition) is 2. The Morgan fingerprint density at radius 2 is 1.62 bits per heavy atom. The van der Waals surface area contributed by atoms with E-state index in [0.29, 0.717) is 17.2 Å². The Hall–Kier alpha value is -2.84. The molecule has 128 valence electrons. The van der Waals surface area contributed by atoms with Crippen LogP contribution in [0.5, 0.6) is 0 Å². The van der Waals surface area contributed by atoms with Crippen LogP contribution in [0.25, 0.3) is 22.8 Å². The van der Waals surface area contributed by atoms with E-state index in [1.807, 2.05) is 55.5 Å². The first-order valence-corrected chi connectivity index (χ1v) is 8.94. The smallest absolute Gasteiger partial charge is 0.338 e. The van der Waals surface area contributed by atoms with Gasteiger partial charge in [0, 0.05) is 10.6 Å². The number of fused-ring (bicyclic) bond motifs is 3. The molecule has 0 radical (unpaired) electrons. The summed E-state index contributed by atoms with van der Waals surface area (Å²) >= 11 is 6.00. The molecule has 0 fully saturated rings. The standard InChI is InChI=1S/C23H17ClO2/c1-2-26-23(25)20-9-5-8-19-21(14-15-10-12-16(24)13-11-15)17-6-3-4-7-18(17)22(19)20/h3-14H,2H2,1H3/b21-14+. The van der Waals surface area contributed by atoms with E-state index in [4.69, 9.17) is 16.3 Å². The Labute approximate surface area is 157 Å². The highest BCUT2D eigenvalue weighted by Crippen LogP contribution is 2.46. The predicted octanol–water partition coefficient (Wildman–Crippen LogP) is 6.09. The number of hydrogen-bond donors (Lipinski definition) is 0. The molecule has 4 rings (SSSR count). The van der Waals surface area contributed by atoms with E-state index in [9.17, 15) is 4.79 Å². The van der Waals surface area contributed by atoms with Crippen molar-refractivity contribution in [2.75, 3.05) is 6.61 Å². The minimum atomic E-state index is -0.285. The van der Waals surface area contributed by atoms with Crippen LogP contribution in [0.15, 0.2) is 66.7 Å². The van der Waals surface area contributed by atoms with E-state index in [0.717, 1.165) is 33.4 Å². The summed E-state index contributed by atoms with van der Waals surface area (Å²) in [5.74, 6) is -0.285. The van der Waals surface area contributed by atoms with Crippen molar-refractivity contribution in [3.05, 3.63) is 94.0 Å². The molecule has 0 aromatic heterocycles. The second-order valence-electron chi connectivity index (χ2n) is 6.10. The fourth-order valence-electron chi connectivity index (χ4n) is 3.41. The minimum Gasteiger partial charge on any atom is -0.462 e. The summed E-state index contributed by atoms with van der Waals surface area (Å²) in [6.45, 7) is 2.18. The number of halogens is 1. The van der Waals surface area contributed by atoms with Crippen LogP contribution in [0.1, 0.15) is 34.0 Å². The molecule has 3 aromatic rings. The van der Waals surface area contributed by atoms with Crippen molar-refractivity contribution >= 4 is 29.2 Å². The fourth-order valence-corrected chi connectivity index (χ4v) is 3.53. The maximum Gasteiger partial charge on any atom is 0.338 e. The first-order chi connectivity index (χ1) is 12.7. The molecule has 3 aromatic carbocycles. The van der Waals surface area contributed by atoms with Gasteiger partial charge in [0.1, 0.15) is 0 Å². The van der Waals surface area contributed by atoms with Crippen LogP contribution in [0.3, 0.4) is 0 Å². The van der Waals surface area contributed by atoms with Crippen LogP contribution in [-0.2, 0) is 4.74 Å². The van der Waals surface area contributed by atoms with Crippen molar-refractivity contribution in [1.29, 1.82) is 0 Å². The predicted molar refractivity (Wildman–Crippen MR) is 106 cm³/mol. The topological polar surface area (TPSA) is 26.3 Å². The van der Waals surface area contributed by atoms with Crippen molar-refractivity contribution in [2.24, 2.45) is 0 Å². The van der Waals surface area contributed by atoms with E-state index in [2.05, 4.69) is 24.3 Å². The number of carbonyl (C=O) groups is 1. The Morgan fingerprint density at radius 1 is 0.923 bits per heavy atom. The zero-order valence-corrected chi connectivity index (χ0v) is 15.1. The quantitative estimate of drug-likeness (QED) is 0.413.